The van der Waals surface area contributed by atoms with Gasteiger partial charge in [-0.05, 0) is 45.4 Å². The number of hydrogen-bond acceptors (Lipinski definition) is 5. The molecule has 0 aliphatic carbocycles. The molecule has 1 atom stereocenters. The summed E-state index contributed by atoms with van der Waals surface area (Å²) < 4.78 is 0. The smallest absolute Gasteiger partial charge is 0.269 e. The second-order valence-electron chi connectivity index (χ2n) is 7.18. The van der Waals surface area contributed by atoms with Gasteiger partial charge in [0.1, 0.15) is 0 Å². The van der Waals surface area contributed by atoms with E-state index in [9.17, 15) is 14.9 Å². The van der Waals surface area contributed by atoms with E-state index in [4.69, 9.17) is 0 Å². The number of likely N-dealkylation sites (N-methyl/N-ethyl adjacent to an activating group) is 1. The molecule has 2 heterocycles. The number of carbonyl (C=O) groups is 1. The molecule has 1 N–H and O–H groups in total. The van der Waals surface area contributed by atoms with E-state index in [1.807, 2.05) is 52.0 Å². The Morgan fingerprint density at radius 3 is 2.47 bits per heavy atom. The quantitative estimate of drug-likeness (QED) is 0.572. The maximum Gasteiger partial charge on any atom is 0.269 e. The molecule has 0 radical (unpaired) electrons. The van der Waals surface area contributed by atoms with Crippen LogP contribution in [0.3, 0.4) is 0 Å². The van der Waals surface area contributed by atoms with E-state index in [1.165, 1.54) is 6.07 Å². The van der Waals surface area contributed by atoms with Gasteiger partial charge in [0.15, 0.2) is 0 Å². The fourth-order valence-electron chi connectivity index (χ4n) is 3.97. The highest BCUT2D eigenvalue weighted by molar-refractivity contribution is 6.00. The third-order valence-corrected chi connectivity index (χ3v) is 5.40. The van der Waals surface area contributed by atoms with Crippen LogP contribution in [0.1, 0.15) is 44.9 Å². The molecule has 30 heavy (non-hydrogen) atoms. The van der Waals surface area contributed by atoms with E-state index in [-0.39, 0.29) is 11.6 Å². The lowest BCUT2D eigenvalue weighted by atomic mass is 9.78. The monoisotopic (exact) mass is 406 g/mol. The van der Waals surface area contributed by atoms with Gasteiger partial charge in [-0.25, -0.2) is 0 Å². The number of carbonyl (C=O) groups excluding carboxylic acids is 1. The molecule has 1 unspecified atom stereocenters. The number of allylic oxidation sites excluding steroid dienone is 3. The third-order valence-electron chi connectivity index (χ3n) is 5.40. The second-order valence-corrected chi connectivity index (χ2v) is 7.18. The standard InChI is InChI=1S/C23H26N4O3/c1-5-26(6-2)23(28)21-16(4)25-15(3)20(19-12-7-8-13-24-19)22(21)17-10-9-11-18(14-17)27(29)30/h7-14,22,25H,5-6H2,1-4H3. The highest BCUT2D eigenvalue weighted by Crippen LogP contribution is 2.43. The number of amides is 1. The van der Waals surface area contributed by atoms with E-state index in [2.05, 4.69) is 10.3 Å². The number of nitrogens with one attached hydrogen (secondary N) is 1. The molecule has 1 amide bonds. The molecular weight excluding hydrogens is 380 g/mol. The van der Waals surface area contributed by atoms with E-state index < -0.39 is 10.8 Å². The van der Waals surface area contributed by atoms with Gasteiger partial charge in [0.25, 0.3) is 11.6 Å². The lowest BCUT2D eigenvalue weighted by molar-refractivity contribution is -0.384. The van der Waals surface area contributed by atoms with Crippen molar-refractivity contribution in [3.63, 3.8) is 0 Å². The van der Waals surface area contributed by atoms with Crippen molar-refractivity contribution in [1.82, 2.24) is 15.2 Å². The number of non-ortho nitro benzene ring substituents is 1. The zero-order chi connectivity index (χ0) is 21.8. The number of aromatic nitrogens is 1. The van der Waals surface area contributed by atoms with Crippen molar-refractivity contribution in [2.24, 2.45) is 0 Å². The highest BCUT2D eigenvalue weighted by atomic mass is 16.6. The average Bonchev–Trinajstić information content (AvgIpc) is 2.74. The molecular formula is C23H26N4O3. The van der Waals surface area contributed by atoms with Crippen molar-refractivity contribution in [3.05, 3.63) is 87.0 Å². The van der Waals surface area contributed by atoms with Gasteiger partial charge in [0, 0.05) is 59.9 Å². The molecule has 2 aromatic rings. The van der Waals surface area contributed by atoms with Crippen molar-refractivity contribution in [3.8, 4) is 0 Å². The van der Waals surface area contributed by atoms with Crippen LogP contribution >= 0.6 is 0 Å². The number of nitrogens with zero attached hydrogens (tertiary/aromatic N) is 3. The van der Waals surface area contributed by atoms with Crippen LogP contribution in [-0.4, -0.2) is 33.8 Å². The molecule has 3 rings (SSSR count). The first-order valence-electron chi connectivity index (χ1n) is 10.0. The van der Waals surface area contributed by atoms with Crippen LogP contribution in [0, 0.1) is 10.1 Å². The predicted octanol–water partition coefficient (Wildman–Crippen LogP) is 4.25. The Labute approximate surface area is 176 Å². The Balaban J connectivity index is 2.25. The maximum atomic E-state index is 13.5. The summed E-state index contributed by atoms with van der Waals surface area (Å²) in [7, 11) is 0. The van der Waals surface area contributed by atoms with E-state index in [0.29, 0.717) is 24.2 Å². The number of nitro groups is 1. The molecule has 156 valence electrons. The lowest BCUT2D eigenvalue weighted by Crippen LogP contribution is -2.37. The van der Waals surface area contributed by atoms with Crippen LogP contribution in [0.4, 0.5) is 5.69 Å². The van der Waals surface area contributed by atoms with Crippen molar-refractivity contribution >= 4 is 17.2 Å². The highest BCUT2D eigenvalue weighted by Gasteiger charge is 2.36. The number of dihydropyridines is 1. The summed E-state index contributed by atoms with van der Waals surface area (Å²) in [5.74, 6) is -0.545. The first kappa shape index (κ1) is 21.2. The number of hydrogen-bond donors (Lipinski definition) is 1. The van der Waals surface area contributed by atoms with Crippen LogP contribution in [0.2, 0.25) is 0 Å². The van der Waals surface area contributed by atoms with Crippen molar-refractivity contribution in [2.75, 3.05) is 13.1 Å². The lowest BCUT2D eigenvalue weighted by Gasteiger charge is -2.34. The topological polar surface area (TPSA) is 88.4 Å². The van der Waals surface area contributed by atoms with Crippen molar-refractivity contribution < 1.29 is 9.72 Å². The summed E-state index contributed by atoms with van der Waals surface area (Å²) in [6, 6.07) is 12.1. The molecule has 0 bridgehead atoms. The first-order valence-corrected chi connectivity index (χ1v) is 10.0. The van der Waals surface area contributed by atoms with Gasteiger partial charge in [0.2, 0.25) is 0 Å². The Morgan fingerprint density at radius 1 is 1.13 bits per heavy atom. The van der Waals surface area contributed by atoms with Crippen molar-refractivity contribution in [1.29, 1.82) is 0 Å². The number of nitro benzene ring substituents is 1. The minimum atomic E-state index is -0.464. The summed E-state index contributed by atoms with van der Waals surface area (Å²) in [6.45, 7) is 8.86. The zero-order valence-corrected chi connectivity index (χ0v) is 17.7. The van der Waals surface area contributed by atoms with Crippen molar-refractivity contribution in [2.45, 2.75) is 33.6 Å². The molecule has 1 aromatic heterocycles. The second kappa shape index (κ2) is 8.90. The minimum Gasteiger partial charge on any atom is -0.362 e. The summed E-state index contributed by atoms with van der Waals surface area (Å²) in [5.41, 5.74) is 4.48. The fourth-order valence-corrected chi connectivity index (χ4v) is 3.97. The maximum absolute atomic E-state index is 13.5. The van der Waals surface area contributed by atoms with Crippen LogP contribution in [-0.2, 0) is 4.79 Å². The molecule has 1 aliphatic rings. The molecule has 0 saturated heterocycles. The van der Waals surface area contributed by atoms with Crippen LogP contribution < -0.4 is 5.32 Å². The number of benzene rings is 1. The fraction of sp³-hybridized carbons (Fsp3) is 0.304. The summed E-state index contributed by atoms with van der Waals surface area (Å²) in [4.78, 5) is 30.8. The molecule has 0 fully saturated rings. The molecule has 0 saturated carbocycles. The van der Waals surface area contributed by atoms with E-state index >= 15 is 0 Å². The minimum absolute atomic E-state index is 0.00338. The molecule has 7 heteroatoms. The van der Waals surface area contributed by atoms with Gasteiger partial charge in [-0.3, -0.25) is 19.9 Å². The average molecular weight is 406 g/mol. The Hall–Kier alpha value is -3.48. The first-order chi connectivity index (χ1) is 14.4. The van der Waals surface area contributed by atoms with Gasteiger partial charge in [-0.2, -0.15) is 0 Å². The summed E-state index contributed by atoms with van der Waals surface area (Å²) in [6.07, 6.45) is 1.71. The van der Waals surface area contributed by atoms with E-state index in [1.54, 1.807) is 23.2 Å². The Morgan fingerprint density at radius 2 is 1.87 bits per heavy atom. The summed E-state index contributed by atoms with van der Waals surface area (Å²) in [5, 5.41) is 14.8. The summed E-state index contributed by atoms with van der Waals surface area (Å²) >= 11 is 0. The Kier molecular flexibility index (Phi) is 6.30. The predicted molar refractivity (Wildman–Crippen MR) is 116 cm³/mol. The van der Waals surface area contributed by atoms with Crippen LogP contribution in [0.15, 0.2) is 65.6 Å². The molecule has 1 aromatic carbocycles. The Bertz CT molecular complexity index is 1020. The molecule has 0 spiro atoms. The number of rotatable bonds is 6. The number of pyridine rings is 1. The normalized spacial score (nSPS) is 16.3. The van der Waals surface area contributed by atoms with Crippen LogP contribution in [0.25, 0.3) is 5.57 Å². The zero-order valence-electron chi connectivity index (χ0n) is 17.7. The van der Waals surface area contributed by atoms with Gasteiger partial charge in [-0.15, -0.1) is 0 Å². The van der Waals surface area contributed by atoms with Gasteiger partial charge < -0.3 is 10.2 Å². The largest absolute Gasteiger partial charge is 0.362 e. The van der Waals surface area contributed by atoms with Gasteiger partial charge >= 0.3 is 0 Å². The molecule has 7 nitrogen and oxygen atoms in total. The van der Waals surface area contributed by atoms with Crippen LogP contribution in [0.5, 0.6) is 0 Å². The van der Waals surface area contributed by atoms with Gasteiger partial charge in [-0.1, -0.05) is 18.2 Å². The SMILES string of the molecule is CCN(CC)C(=O)C1=C(C)NC(C)=C(c2ccccn2)C1c1cccc([N+](=O)[O-])c1. The van der Waals surface area contributed by atoms with Gasteiger partial charge in [0.05, 0.1) is 10.6 Å². The molecule has 1 aliphatic heterocycles. The third kappa shape index (κ3) is 3.96. The van der Waals surface area contributed by atoms with E-state index in [0.717, 1.165) is 22.7 Å².